The summed E-state index contributed by atoms with van der Waals surface area (Å²) >= 11 is 0. The van der Waals surface area contributed by atoms with Crippen LogP contribution in [0.5, 0.6) is 0 Å². The summed E-state index contributed by atoms with van der Waals surface area (Å²) in [6.07, 6.45) is 0.962. The Morgan fingerprint density at radius 1 is 1.43 bits per heavy atom. The molecule has 3 N–H and O–H groups in total. The van der Waals surface area contributed by atoms with Crippen molar-refractivity contribution < 1.29 is 17.9 Å². The molecule has 0 saturated carbocycles. The molecule has 1 saturated heterocycles. The van der Waals surface area contributed by atoms with E-state index in [0.29, 0.717) is 25.9 Å². The maximum Gasteiger partial charge on any atom is 0.308 e. The molecule has 1 fully saturated rings. The van der Waals surface area contributed by atoms with Gasteiger partial charge >= 0.3 is 5.97 Å². The van der Waals surface area contributed by atoms with E-state index < -0.39 is 15.7 Å². The fraction of sp³-hybridized carbons (Fsp3) is 0.923. The second kappa shape index (κ2) is 7.04. The summed E-state index contributed by atoms with van der Waals surface area (Å²) in [6, 6.07) is 0. The molecule has 1 rings (SSSR count). The molecule has 0 radical (unpaired) electrons. The van der Waals surface area contributed by atoms with Gasteiger partial charge in [0.2, 0.25) is 0 Å². The van der Waals surface area contributed by atoms with Crippen LogP contribution in [0.15, 0.2) is 0 Å². The van der Waals surface area contributed by atoms with E-state index in [1.54, 1.807) is 6.92 Å². The molecule has 0 bridgehead atoms. The quantitative estimate of drug-likeness (QED) is 0.675. The van der Waals surface area contributed by atoms with E-state index in [9.17, 15) is 13.2 Å². The van der Waals surface area contributed by atoms with Crippen molar-refractivity contribution >= 4 is 16.2 Å². The van der Waals surface area contributed by atoms with E-state index in [4.69, 9.17) is 10.5 Å². The molecule has 0 aromatic heterocycles. The summed E-state index contributed by atoms with van der Waals surface area (Å²) < 4.78 is 33.7. The lowest BCUT2D eigenvalue weighted by atomic mass is 9.90. The third-order valence-electron chi connectivity index (χ3n) is 4.39. The Morgan fingerprint density at radius 2 is 1.95 bits per heavy atom. The first-order valence-corrected chi connectivity index (χ1v) is 8.67. The average molecular weight is 321 g/mol. The number of ether oxygens (including phenoxy) is 1. The second-order valence-electron chi connectivity index (χ2n) is 6.08. The Hall–Kier alpha value is -0.700. The van der Waals surface area contributed by atoms with Crippen LogP contribution in [0.25, 0.3) is 0 Å². The lowest BCUT2D eigenvalue weighted by Crippen LogP contribution is -2.59. The second-order valence-corrected chi connectivity index (χ2v) is 7.75. The van der Waals surface area contributed by atoms with Crippen LogP contribution < -0.4 is 10.5 Å². The number of hydrogen-bond acceptors (Lipinski definition) is 5. The van der Waals surface area contributed by atoms with Crippen molar-refractivity contribution in [3.05, 3.63) is 0 Å². The lowest BCUT2D eigenvalue weighted by molar-refractivity contribution is -0.146. The summed E-state index contributed by atoms with van der Waals surface area (Å²) in [5.74, 6) is -0.411. The van der Waals surface area contributed by atoms with E-state index in [1.165, 1.54) is 11.4 Å². The van der Waals surface area contributed by atoms with Gasteiger partial charge in [-0.3, -0.25) is 4.79 Å². The Balaban J connectivity index is 2.71. The van der Waals surface area contributed by atoms with Gasteiger partial charge in [0, 0.05) is 25.2 Å². The van der Waals surface area contributed by atoms with Gasteiger partial charge in [0.15, 0.2) is 0 Å². The van der Waals surface area contributed by atoms with Gasteiger partial charge in [-0.2, -0.15) is 17.4 Å². The van der Waals surface area contributed by atoms with Crippen LogP contribution in [0.4, 0.5) is 0 Å². The first kappa shape index (κ1) is 18.3. The van der Waals surface area contributed by atoms with Crippen molar-refractivity contribution in [1.29, 1.82) is 0 Å². The number of carbonyl (C=O) groups is 1. The van der Waals surface area contributed by atoms with Crippen LogP contribution in [-0.4, -0.2) is 51.0 Å². The van der Waals surface area contributed by atoms with Gasteiger partial charge in [0.1, 0.15) is 0 Å². The fourth-order valence-electron chi connectivity index (χ4n) is 2.25. The smallest absolute Gasteiger partial charge is 0.308 e. The highest BCUT2D eigenvalue weighted by Crippen LogP contribution is 2.22. The van der Waals surface area contributed by atoms with E-state index in [1.807, 2.05) is 13.8 Å². The Labute approximate surface area is 127 Å². The first-order valence-electron chi connectivity index (χ1n) is 7.23. The zero-order valence-electron chi connectivity index (χ0n) is 13.3. The van der Waals surface area contributed by atoms with Crippen molar-refractivity contribution in [2.75, 3.05) is 26.7 Å². The van der Waals surface area contributed by atoms with Gasteiger partial charge in [-0.05, 0) is 25.7 Å². The van der Waals surface area contributed by atoms with E-state index in [2.05, 4.69) is 4.72 Å². The number of nitrogens with one attached hydrogen (secondary N) is 1. The number of hydrogen-bond donors (Lipinski definition) is 2. The normalized spacial score (nSPS) is 21.2. The maximum atomic E-state index is 12.5. The van der Waals surface area contributed by atoms with Gasteiger partial charge in [0.05, 0.1) is 13.0 Å². The minimum atomic E-state index is -3.60. The molecular formula is C13H27N3O4S. The number of piperidine rings is 1. The van der Waals surface area contributed by atoms with Gasteiger partial charge in [-0.1, -0.05) is 13.8 Å². The van der Waals surface area contributed by atoms with Crippen LogP contribution in [0.3, 0.4) is 0 Å². The average Bonchev–Trinajstić information content (AvgIpc) is 2.45. The fourth-order valence-corrected chi connectivity index (χ4v) is 3.98. The van der Waals surface area contributed by atoms with Gasteiger partial charge in [0.25, 0.3) is 10.2 Å². The molecule has 1 aliphatic rings. The zero-order valence-corrected chi connectivity index (χ0v) is 14.1. The molecule has 7 nitrogen and oxygen atoms in total. The number of nitrogens with zero attached hydrogens (tertiary/aromatic N) is 1. The Kier molecular flexibility index (Phi) is 6.15. The topological polar surface area (TPSA) is 102 Å². The van der Waals surface area contributed by atoms with Crippen molar-refractivity contribution in [1.82, 2.24) is 9.03 Å². The largest absolute Gasteiger partial charge is 0.469 e. The predicted octanol–water partition coefficient (Wildman–Crippen LogP) is 0.0792. The third kappa shape index (κ3) is 4.38. The number of esters is 1. The van der Waals surface area contributed by atoms with Gasteiger partial charge in [-0.15, -0.1) is 0 Å². The maximum absolute atomic E-state index is 12.5. The third-order valence-corrected chi connectivity index (χ3v) is 6.16. The molecule has 124 valence electrons. The van der Waals surface area contributed by atoms with Crippen molar-refractivity contribution in [3.63, 3.8) is 0 Å². The zero-order chi connectivity index (χ0) is 16.3. The molecule has 1 aliphatic heterocycles. The molecule has 1 heterocycles. The van der Waals surface area contributed by atoms with Gasteiger partial charge in [-0.25, -0.2) is 0 Å². The molecule has 1 unspecified atom stereocenters. The summed E-state index contributed by atoms with van der Waals surface area (Å²) in [5, 5.41) is 0. The summed E-state index contributed by atoms with van der Waals surface area (Å²) in [7, 11) is -2.25. The molecule has 0 aromatic carbocycles. The molecular weight excluding hydrogens is 294 g/mol. The SMILES string of the molecule is COC(=O)C1CCN(S(=O)(=O)NC(C)(CN)C(C)C)CC1. The highest BCUT2D eigenvalue weighted by Gasteiger charge is 2.37. The Morgan fingerprint density at radius 3 is 2.33 bits per heavy atom. The molecule has 8 heteroatoms. The van der Waals surface area contributed by atoms with Crippen molar-refractivity contribution in [2.24, 2.45) is 17.6 Å². The number of methoxy groups -OCH3 is 1. The van der Waals surface area contributed by atoms with E-state index in [0.717, 1.165) is 0 Å². The molecule has 0 spiro atoms. The first-order chi connectivity index (χ1) is 9.66. The monoisotopic (exact) mass is 321 g/mol. The molecule has 21 heavy (non-hydrogen) atoms. The summed E-state index contributed by atoms with van der Waals surface area (Å²) in [6.45, 7) is 6.51. The molecule has 0 aliphatic carbocycles. The number of nitrogens with two attached hydrogens (primary N) is 1. The van der Waals surface area contributed by atoms with Crippen LogP contribution >= 0.6 is 0 Å². The highest BCUT2D eigenvalue weighted by molar-refractivity contribution is 7.87. The minimum absolute atomic E-state index is 0.0740. The number of rotatable bonds is 6. The van der Waals surface area contributed by atoms with Crippen LogP contribution in [-0.2, 0) is 19.7 Å². The summed E-state index contributed by atoms with van der Waals surface area (Å²) in [5.41, 5.74) is 5.04. The van der Waals surface area contributed by atoms with Crippen molar-refractivity contribution in [2.45, 2.75) is 39.2 Å². The lowest BCUT2D eigenvalue weighted by Gasteiger charge is -2.37. The van der Waals surface area contributed by atoms with Crippen LogP contribution in [0.1, 0.15) is 33.6 Å². The summed E-state index contributed by atoms with van der Waals surface area (Å²) in [4.78, 5) is 11.5. The molecule has 1 atom stereocenters. The van der Waals surface area contributed by atoms with Crippen LogP contribution in [0, 0.1) is 11.8 Å². The minimum Gasteiger partial charge on any atom is -0.469 e. The highest BCUT2D eigenvalue weighted by atomic mass is 32.2. The number of carbonyl (C=O) groups excluding carboxylic acids is 1. The van der Waals surface area contributed by atoms with E-state index >= 15 is 0 Å². The molecule has 0 amide bonds. The van der Waals surface area contributed by atoms with Crippen LogP contribution in [0.2, 0.25) is 0 Å². The van der Waals surface area contributed by atoms with Crippen molar-refractivity contribution in [3.8, 4) is 0 Å². The van der Waals surface area contributed by atoms with Gasteiger partial charge < -0.3 is 10.5 Å². The standard InChI is InChI=1S/C13H27N3O4S/c1-10(2)13(3,9-14)15-21(18,19)16-7-5-11(6-8-16)12(17)20-4/h10-11,15H,5-9,14H2,1-4H3. The predicted molar refractivity (Wildman–Crippen MR) is 80.7 cm³/mol. The van der Waals surface area contributed by atoms with E-state index in [-0.39, 0.29) is 24.3 Å². The molecule has 0 aromatic rings. The Bertz CT molecular complexity index is 458.